The summed E-state index contributed by atoms with van der Waals surface area (Å²) in [4.78, 5) is 8.56. The fourth-order valence-electron chi connectivity index (χ4n) is 0. The maximum atomic E-state index is 8.56. The van der Waals surface area contributed by atoms with E-state index >= 15 is 0 Å². The van der Waals surface area contributed by atoms with Gasteiger partial charge in [0.2, 0.25) is 0 Å². The molecule has 0 aromatic carbocycles. The first kappa shape index (κ1) is 9.85. The lowest BCUT2D eigenvalue weighted by atomic mass is 11.0. The summed E-state index contributed by atoms with van der Waals surface area (Å²) in [6, 6.07) is 0. The second kappa shape index (κ2) is 9.20. The smallest absolute Gasteiger partial charge is 0.450 e. The monoisotopic (exact) mass is 124 g/mol. The zero-order chi connectivity index (χ0) is 6.28. The molecular weight excluding hydrogens is 115 g/mol. The molecule has 0 aliphatic heterocycles. The van der Waals surface area contributed by atoms with Crippen molar-refractivity contribution in [3.05, 3.63) is 0 Å². The van der Waals surface area contributed by atoms with Crippen LogP contribution in [0.5, 0.6) is 0 Å². The van der Waals surface area contributed by atoms with Crippen molar-refractivity contribution < 1.29 is 15.0 Å². The molecule has 44 valence electrons. The van der Waals surface area contributed by atoms with Crippen LogP contribution in [-0.4, -0.2) is 22.5 Å². The van der Waals surface area contributed by atoms with E-state index in [0.29, 0.717) is 0 Å². The van der Waals surface area contributed by atoms with Crippen LogP contribution in [-0.2, 0) is 0 Å². The van der Waals surface area contributed by atoms with Gasteiger partial charge >= 0.3 is 6.16 Å². The average molecular weight is 124 g/mol. The van der Waals surface area contributed by atoms with Gasteiger partial charge < -0.3 is 10.2 Å². The number of hydrogen-bond donors (Lipinski definition) is 2. The molecule has 0 heterocycles. The molecule has 0 aliphatic rings. The Morgan fingerprint density at radius 2 is 1.71 bits per heavy atom. The molecule has 0 saturated carbocycles. The molecule has 4 heteroatoms. The van der Waals surface area contributed by atoms with Gasteiger partial charge in [0, 0.05) is 0 Å². The van der Waals surface area contributed by atoms with Crippen molar-refractivity contribution in [3.8, 4) is 0 Å². The predicted octanol–water partition coefficient (Wildman–Crippen LogP) is 1.10. The summed E-state index contributed by atoms with van der Waals surface area (Å²) < 4.78 is 0. The minimum Gasteiger partial charge on any atom is -0.450 e. The van der Waals surface area contributed by atoms with Crippen LogP contribution < -0.4 is 0 Å². The fraction of sp³-hybridized carbons (Fsp3) is 0.667. The lowest BCUT2D eigenvalue weighted by Crippen LogP contribution is -1.81. The van der Waals surface area contributed by atoms with Crippen LogP contribution in [0.25, 0.3) is 0 Å². The van der Waals surface area contributed by atoms with E-state index in [1.54, 1.807) is 0 Å². The van der Waals surface area contributed by atoms with Crippen LogP contribution in [0.1, 0.15) is 6.92 Å². The van der Waals surface area contributed by atoms with E-state index in [-0.39, 0.29) is 0 Å². The Bertz CT molecular complexity index is 41.4. The van der Waals surface area contributed by atoms with Crippen molar-refractivity contribution in [2.75, 3.05) is 6.16 Å². The Morgan fingerprint density at radius 1 is 1.71 bits per heavy atom. The molecule has 7 heavy (non-hydrogen) atoms. The Hall–Kier alpha value is -0.300. The normalized spacial score (nSPS) is 6.00. The molecule has 0 aromatic heterocycles. The highest BCUT2D eigenvalue weighted by molar-refractivity contribution is 7.16. The first-order chi connectivity index (χ1) is 3.15. The number of hydrogen-bond acceptors (Lipinski definition) is 1. The third kappa shape index (κ3) is 867. The van der Waals surface area contributed by atoms with Crippen LogP contribution in [0, 0.1) is 0 Å². The van der Waals surface area contributed by atoms with Crippen molar-refractivity contribution in [3.63, 3.8) is 0 Å². The molecule has 0 rings (SSSR count). The van der Waals surface area contributed by atoms with Crippen molar-refractivity contribution in [1.29, 1.82) is 0 Å². The molecule has 0 aliphatic carbocycles. The molecule has 1 unspecified atom stereocenters. The van der Waals surface area contributed by atoms with Gasteiger partial charge in [0.05, 0.1) is 0 Å². The standard InChI is InChI=1S/C2H7P.CH2O3/c1-2-3;2-1(3)4/h2-3H2,1H3;(H2,2,3,4). The molecule has 0 amide bonds. The first-order valence-corrected chi connectivity index (χ1v) is 2.58. The summed E-state index contributed by atoms with van der Waals surface area (Å²) in [6.45, 7) is 2.09. The molecule has 0 fully saturated rings. The molecule has 0 spiro atoms. The van der Waals surface area contributed by atoms with E-state index in [0.717, 1.165) is 0 Å². The summed E-state index contributed by atoms with van der Waals surface area (Å²) in [6.07, 6.45) is -0.667. The zero-order valence-electron chi connectivity index (χ0n) is 4.09. The summed E-state index contributed by atoms with van der Waals surface area (Å²) in [5.41, 5.74) is 0. The average Bonchev–Trinajstić information content (AvgIpc) is 1.33. The molecule has 0 radical (unpaired) electrons. The number of carbonyl (C=O) groups is 1. The largest absolute Gasteiger partial charge is 0.503 e. The van der Waals surface area contributed by atoms with Gasteiger partial charge in [-0.2, -0.15) is 0 Å². The van der Waals surface area contributed by atoms with Crippen molar-refractivity contribution >= 4 is 15.4 Å². The van der Waals surface area contributed by atoms with E-state index in [4.69, 9.17) is 15.0 Å². The Morgan fingerprint density at radius 3 is 1.71 bits per heavy atom. The summed E-state index contributed by atoms with van der Waals surface area (Å²) in [7, 11) is 2.58. The Labute approximate surface area is 44.6 Å². The third-order valence-electron chi connectivity index (χ3n) is 0. The van der Waals surface area contributed by atoms with Crippen LogP contribution in [0.15, 0.2) is 0 Å². The topological polar surface area (TPSA) is 57.5 Å². The summed E-state index contributed by atoms with van der Waals surface area (Å²) >= 11 is 0. The maximum absolute atomic E-state index is 8.56. The molecular formula is C3H9O3P. The highest BCUT2D eigenvalue weighted by Gasteiger charge is 1.70. The van der Waals surface area contributed by atoms with Gasteiger partial charge in [-0.15, -0.1) is 9.24 Å². The number of carboxylic acid groups (broad SMARTS) is 2. The zero-order valence-corrected chi connectivity index (χ0v) is 5.24. The van der Waals surface area contributed by atoms with E-state index in [2.05, 4.69) is 16.2 Å². The summed E-state index contributed by atoms with van der Waals surface area (Å²) in [5.74, 6) is 0. The lowest BCUT2D eigenvalue weighted by molar-refractivity contribution is 0.137. The molecule has 0 saturated heterocycles. The van der Waals surface area contributed by atoms with Gasteiger partial charge in [-0.05, 0) is 6.16 Å². The minimum atomic E-state index is -1.83. The number of rotatable bonds is 0. The van der Waals surface area contributed by atoms with Crippen LogP contribution in [0.3, 0.4) is 0 Å². The van der Waals surface area contributed by atoms with Gasteiger partial charge in [0.15, 0.2) is 0 Å². The van der Waals surface area contributed by atoms with E-state index in [1.165, 1.54) is 6.16 Å². The first-order valence-electron chi connectivity index (χ1n) is 1.77. The fourth-order valence-corrected chi connectivity index (χ4v) is 0. The van der Waals surface area contributed by atoms with Gasteiger partial charge in [-0.1, -0.05) is 6.92 Å². The van der Waals surface area contributed by atoms with E-state index in [9.17, 15) is 0 Å². The lowest BCUT2D eigenvalue weighted by Gasteiger charge is -1.60. The highest BCUT2D eigenvalue weighted by Crippen LogP contribution is 1.68. The molecule has 3 nitrogen and oxygen atoms in total. The van der Waals surface area contributed by atoms with Gasteiger partial charge in [0.1, 0.15) is 0 Å². The molecule has 0 bridgehead atoms. The Kier molecular flexibility index (Phi) is 12.9. The summed E-state index contributed by atoms with van der Waals surface area (Å²) in [5, 5.41) is 13.9. The molecule has 2 N–H and O–H groups in total. The van der Waals surface area contributed by atoms with Gasteiger partial charge in [0.25, 0.3) is 0 Å². The van der Waals surface area contributed by atoms with Crippen LogP contribution >= 0.6 is 9.24 Å². The molecule has 0 aromatic rings. The van der Waals surface area contributed by atoms with Gasteiger partial charge in [-0.25, -0.2) is 4.79 Å². The van der Waals surface area contributed by atoms with Crippen molar-refractivity contribution in [2.24, 2.45) is 0 Å². The second-order valence-corrected chi connectivity index (χ2v) is 1.51. The maximum Gasteiger partial charge on any atom is 0.503 e. The SMILES string of the molecule is CCP.O=C(O)O. The van der Waals surface area contributed by atoms with Crippen molar-refractivity contribution in [2.45, 2.75) is 6.92 Å². The van der Waals surface area contributed by atoms with Crippen LogP contribution in [0.2, 0.25) is 0 Å². The minimum absolute atomic E-state index is 1.17. The second-order valence-electron chi connectivity index (χ2n) is 0.691. The molecule has 1 atom stereocenters. The van der Waals surface area contributed by atoms with E-state index < -0.39 is 6.16 Å². The quantitative estimate of drug-likeness (QED) is 0.475. The van der Waals surface area contributed by atoms with Gasteiger partial charge in [-0.3, -0.25) is 0 Å². The highest BCUT2D eigenvalue weighted by atomic mass is 31.0. The third-order valence-corrected chi connectivity index (χ3v) is 0. The van der Waals surface area contributed by atoms with Crippen molar-refractivity contribution in [1.82, 2.24) is 0 Å². The predicted molar refractivity (Wildman–Crippen MR) is 30.9 cm³/mol. The Balaban J connectivity index is 0. The van der Waals surface area contributed by atoms with Crippen LogP contribution in [0.4, 0.5) is 4.79 Å². The van der Waals surface area contributed by atoms with E-state index in [1.807, 2.05) is 0 Å².